The predicted molar refractivity (Wildman–Crippen MR) is 27.2 cm³/mol. The van der Waals surface area contributed by atoms with E-state index in [1.165, 1.54) is 0 Å². The molecule has 0 aromatic carbocycles. The molecule has 0 aliphatic carbocycles. The van der Waals surface area contributed by atoms with Crippen LogP contribution < -0.4 is 10.9 Å². The van der Waals surface area contributed by atoms with Crippen molar-refractivity contribution in [1.82, 2.24) is 5.43 Å². The van der Waals surface area contributed by atoms with Crippen LogP contribution in [0.4, 0.5) is 0 Å². The fourth-order valence-corrected chi connectivity index (χ4v) is 0. The average Bonchev–Trinajstić information content (AvgIpc) is 2.02. The molecule has 7 heavy (non-hydrogen) atoms. The molecule has 1 aliphatic rings. The third kappa shape index (κ3) is 136. The highest BCUT2D eigenvalue weighted by Crippen LogP contribution is 2.05. The first-order valence-corrected chi connectivity index (χ1v) is 2.75. The van der Waals surface area contributed by atoms with Crippen LogP contribution in [0.15, 0.2) is 5.10 Å². The molecule has 0 bridgehead atoms. The van der Waals surface area contributed by atoms with Crippen molar-refractivity contribution < 1.29 is 9.79 Å². The SMILES string of the molecule is C1=NN1.NP(O)O. The summed E-state index contributed by atoms with van der Waals surface area (Å²) in [5, 5.41) is 3.38. The molecule has 0 spiro atoms. The Morgan fingerprint density at radius 3 is 1.86 bits per heavy atom. The molecule has 0 saturated heterocycles. The minimum atomic E-state index is -2.12. The summed E-state index contributed by atoms with van der Waals surface area (Å²) in [7, 11) is -2.12. The van der Waals surface area contributed by atoms with Crippen LogP contribution in [-0.4, -0.2) is 16.1 Å². The molecule has 0 fully saturated rings. The van der Waals surface area contributed by atoms with Crippen LogP contribution in [-0.2, 0) is 0 Å². The highest BCUT2D eigenvalue weighted by atomic mass is 31.2. The summed E-state index contributed by atoms with van der Waals surface area (Å²) in [6.07, 6.45) is 1.62. The first-order valence-electron chi connectivity index (χ1n) is 1.43. The number of nitrogens with one attached hydrogen (secondary N) is 1. The van der Waals surface area contributed by atoms with Crippen molar-refractivity contribution in [2.24, 2.45) is 10.6 Å². The van der Waals surface area contributed by atoms with Gasteiger partial charge in [-0.3, -0.25) is 10.9 Å². The molecule has 0 amide bonds. The van der Waals surface area contributed by atoms with Gasteiger partial charge < -0.3 is 9.79 Å². The van der Waals surface area contributed by atoms with Crippen LogP contribution in [0.3, 0.4) is 0 Å². The summed E-state index contributed by atoms with van der Waals surface area (Å²) in [4.78, 5) is 14.9. The monoisotopic (exact) mass is 123 g/mol. The summed E-state index contributed by atoms with van der Waals surface area (Å²) >= 11 is 0. The molecule has 0 aromatic rings. The second-order valence-electron chi connectivity index (χ2n) is 0.708. The summed E-state index contributed by atoms with van der Waals surface area (Å²) < 4.78 is 0. The van der Waals surface area contributed by atoms with Crippen LogP contribution in [0.1, 0.15) is 0 Å². The molecule has 0 saturated carbocycles. The van der Waals surface area contributed by atoms with E-state index >= 15 is 0 Å². The van der Waals surface area contributed by atoms with Gasteiger partial charge in [0.25, 0.3) is 0 Å². The lowest BCUT2D eigenvalue weighted by molar-refractivity contribution is 0.485. The summed E-state index contributed by atoms with van der Waals surface area (Å²) in [6, 6.07) is 0. The van der Waals surface area contributed by atoms with Gasteiger partial charge in [0.1, 0.15) is 6.34 Å². The Hall–Kier alpha value is -0.220. The van der Waals surface area contributed by atoms with Gasteiger partial charge in [-0.25, -0.2) is 0 Å². The zero-order chi connectivity index (χ0) is 5.70. The Morgan fingerprint density at radius 2 is 1.86 bits per heavy atom. The molecule has 5 nitrogen and oxygen atoms in total. The molecule has 1 rings (SSSR count). The number of rotatable bonds is 0. The quantitative estimate of drug-likeness (QED) is 0.300. The summed E-state index contributed by atoms with van der Waals surface area (Å²) in [6.45, 7) is 0. The van der Waals surface area contributed by atoms with Gasteiger partial charge in [-0.05, 0) is 0 Å². The molecule has 0 radical (unpaired) electrons. The Balaban J connectivity index is 0.000000105. The maximum absolute atomic E-state index is 7.45. The van der Waals surface area contributed by atoms with Crippen molar-refractivity contribution in [3.63, 3.8) is 0 Å². The van der Waals surface area contributed by atoms with Gasteiger partial charge in [0.15, 0.2) is 0 Å². The van der Waals surface area contributed by atoms with Gasteiger partial charge in [-0.1, -0.05) is 0 Å². The second kappa shape index (κ2) is 3.95. The van der Waals surface area contributed by atoms with E-state index in [0.717, 1.165) is 0 Å². The Morgan fingerprint density at radius 1 is 1.71 bits per heavy atom. The topological polar surface area (TPSA) is 101 Å². The maximum Gasteiger partial charge on any atom is 0.247 e. The van der Waals surface area contributed by atoms with Crippen LogP contribution in [0.25, 0.3) is 0 Å². The van der Waals surface area contributed by atoms with E-state index in [1.54, 1.807) is 6.34 Å². The van der Waals surface area contributed by atoms with Gasteiger partial charge in [0, 0.05) is 0 Å². The highest BCUT2D eigenvalue weighted by molar-refractivity contribution is 7.42. The molecule has 1 aliphatic heterocycles. The number of hydrazone groups is 1. The molecule has 5 N–H and O–H groups in total. The van der Waals surface area contributed by atoms with Crippen LogP contribution in [0.5, 0.6) is 0 Å². The van der Waals surface area contributed by atoms with Gasteiger partial charge in [-0.15, -0.1) is 0 Å². The minimum absolute atomic E-state index is 1.62. The summed E-state index contributed by atoms with van der Waals surface area (Å²) in [5.41, 5.74) is 6.79. The largest absolute Gasteiger partial charge is 0.338 e. The molecule has 6 heteroatoms. The normalized spacial score (nSPS) is 12.0. The molecule has 0 atom stereocenters. The standard InChI is InChI=1S/CH2N2.H4NO2P/c1-2-3-1;1-4(2)3/h1H,(H,2,3);2-3H,1H2. The fraction of sp³-hybridized carbons (Fsp3) is 0. The summed E-state index contributed by atoms with van der Waals surface area (Å²) in [5.74, 6) is 0. The molecule has 0 aromatic heterocycles. The van der Waals surface area contributed by atoms with Crippen molar-refractivity contribution in [3.8, 4) is 0 Å². The van der Waals surface area contributed by atoms with E-state index in [2.05, 4.69) is 16.0 Å². The smallest absolute Gasteiger partial charge is 0.247 e. The van der Waals surface area contributed by atoms with Crippen LogP contribution in [0.2, 0.25) is 0 Å². The Labute approximate surface area is 41.8 Å². The molecule has 0 unspecified atom stereocenters. The zero-order valence-corrected chi connectivity index (χ0v) is 4.34. The van der Waals surface area contributed by atoms with Crippen molar-refractivity contribution in [1.29, 1.82) is 0 Å². The lowest BCUT2D eigenvalue weighted by Crippen LogP contribution is -1.78. The van der Waals surface area contributed by atoms with Gasteiger partial charge in [0.2, 0.25) is 8.53 Å². The Bertz CT molecular complexity index is 57.2. The number of nitrogens with two attached hydrogens (primary N) is 1. The lowest BCUT2D eigenvalue weighted by atomic mass is 11.6. The van der Waals surface area contributed by atoms with Crippen LogP contribution in [0, 0.1) is 0 Å². The first-order chi connectivity index (χ1) is 3.23. The van der Waals surface area contributed by atoms with Crippen molar-refractivity contribution in [3.05, 3.63) is 0 Å². The third-order valence-corrected chi connectivity index (χ3v) is 0.129. The van der Waals surface area contributed by atoms with E-state index in [-0.39, 0.29) is 0 Å². The van der Waals surface area contributed by atoms with Gasteiger partial charge in [-0.2, -0.15) is 5.10 Å². The average molecular weight is 123 g/mol. The third-order valence-electron chi connectivity index (χ3n) is 0.129. The van der Waals surface area contributed by atoms with E-state index in [1.807, 2.05) is 0 Å². The van der Waals surface area contributed by atoms with E-state index in [9.17, 15) is 0 Å². The number of hydrogen-bond donors (Lipinski definition) is 4. The highest BCUT2D eigenvalue weighted by Gasteiger charge is 1.72. The van der Waals surface area contributed by atoms with E-state index < -0.39 is 8.53 Å². The van der Waals surface area contributed by atoms with Crippen molar-refractivity contribution in [2.45, 2.75) is 0 Å². The van der Waals surface area contributed by atoms with E-state index in [0.29, 0.717) is 0 Å². The predicted octanol–water partition coefficient (Wildman–Crippen LogP) is -1.31. The van der Waals surface area contributed by atoms with Crippen molar-refractivity contribution >= 4 is 14.9 Å². The molecule has 1 heterocycles. The first kappa shape index (κ1) is 6.78. The maximum atomic E-state index is 7.45. The van der Waals surface area contributed by atoms with E-state index in [4.69, 9.17) is 9.79 Å². The Kier molecular flexibility index (Phi) is 3.83. The minimum Gasteiger partial charge on any atom is -0.338 e. The molecular weight excluding hydrogens is 117 g/mol. The molecular formula is CH6N3O2P. The van der Waals surface area contributed by atoms with Crippen LogP contribution >= 0.6 is 8.53 Å². The lowest BCUT2D eigenvalue weighted by Gasteiger charge is -1.79. The van der Waals surface area contributed by atoms with Gasteiger partial charge >= 0.3 is 0 Å². The number of nitrogens with zero attached hydrogens (tertiary/aromatic N) is 1. The number of hydrogen-bond acceptors (Lipinski definition) is 5. The molecule has 42 valence electrons. The fourth-order valence-electron chi connectivity index (χ4n) is 0. The van der Waals surface area contributed by atoms with Gasteiger partial charge in [0.05, 0.1) is 0 Å². The van der Waals surface area contributed by atoms with Crippen molar-refractivity contribution in [2.75, 3.05) is 0 Å². The second-order valence-corrected chi connectivity index (χ2v) is 1.35. The zero-order valence-electron chi connectivity index (χ0n) is 3.44.